The van der Waals surface area contributed by atoms with Crippen LogP contribution in [0.3, 0.4) is 0 Å². The van der Waals surface area contributed by atoms with Crippen molar-refractivity contribution in [2.45, 2.75) is 11.3 Å². The highest BCUT2D eigenvalue weighted by atomic mass is 32.2. The lowest BCUT2D eigenvalue weighted by Crippen LogP contribution is -2.47. The van der Waals surface area contributed by atoms with Crippen LogP contribution in [0.5, 0.6) is 0 Å². The van der Waals surface area contributed by atoms with E-state index in [1.165, 1.54) is 24.3 Å². The van der Waals surface area contributed by atoms with Crippen molar-refractivity contribution >= 4 is 21.9 Å². The van der Waals surface area contributed by atoms with Crippen LogP contribution < -0.4 is 5.11 Å². The van der Waals surface area contributed by atoms with Gasteiger partial charge in [0.15, 0.2) is 0 Å². The minimum absolute atomic E-state index is 0.150. The molecule has 0 aromatic heterocycles. The van der Waals surface area contributed by atoms with Gasteiger partial charge in [0.25, 0.3) is 15.9 Å². The second-order valence-electron chi connectivity index (χ2n) is 4.72. The fraction of sp³-hybridized carbons (Fsp3) is 0.125. The zero-order valence-corrected chi connectivity index (χ0v) is 12.9. The van der Waals surface area contributed by atoms with Crippen LogP contribution in [0.15, 0.2) is 65.6 Å². The zero-order valence-electron chi connectivity index (χ0n) is 12.1. The molecule has 0 aliphatic heterocycles. The maximum absolute atomic E-state index is 12.5. The fourth-order valence-corrected chi connectivity index (χ4v) is 3.41. The summed E-state index contributed by atoms with van der Waals surface area (Å²) in [6.07, 6.45) is 0.200. The van der Waals surface area contributed by atoms with Crippen LogP contribution in [0, 0.1) is 0 Å². The summed E-state index contributed by atoms with van der Waals surface area (Å²) in [5.41, 5.74) is 0.784. The Hall–Kier alpha value is -2.67. The van der Waals surface area contributed by atoms with Gasteiger partial charge >= 0.3 is 0 Å². The van der Waals surface area contributed by atoms with Gasteiger partial charge in [-0.25, -0.2) is 12.7 Å². The first-order valence-electron chi connectivity index (χ1n) is 6.80. The van der Waals surface area contributed by atoms with Crippen molar-refractivity contribution in [3.63, 3.8) is 0 Å². The van der Waals surface area contributed by atoms with Gasteiger partial charge in [-0.05, 0) is 24.1 Å². The summed E-state index contributed by atoms with van der Waals surface area (Å²) in [6, 6.07) is 16.1. The molecule has 0 aliphatic rings. The maximum atomic E-state index is 12.5. The van der Waals surface area contributed by atoms with Crippen molar-refractivity contribution in [1.82, 2.24) is 4.31 Å². The van der Waals surface area contributed by atoms with E-state index in [9.17, 15) is 23.1 Å². The average molecular weight is 332 g/mol. The van der Waals surface area contributed by atoms with E-state index >= 15 is 0 Å². The first kappa shape index (κ1) is 16.7. The summed E-state index contributed by atoms with van der Waals surface area (Å²) in [5.74, 6) is -3.64. The number of amides is 1. The molecule has 2 aromatic rings. The van der Waals surface area contributed by atoms with Crippen LogP contribution in [0.25, 0.3) is 0 Å². The molecule has 0 fully saturated rings. The number of rotatable bonds is 5. The Balaban J connectivity index is 2.31. The molecule has 0 unspecified atom stereocenters. The summed E-state index contributed by atoms with van der Waals surface area (Å²) in [7, 11) is -4.25. The molecule has 0 bridgehead atoms. The summed E-state index contributed by atoms with van der Waals surface area (Å²) < 4.78 is 25.4. The van der Waals surface area contributed by atoms with E-state index in [0.717, 1.165) is 5.56 Å². The van der Waals surface area contributed by atoms with E-state index in [4.69, 9.17) is 0 Å². The largest absolute Gasteiger partial charge is 0.540 e. The van der Waals surface area contributed by atoms with Gasteiger partial charge in [0.1, 0.15) is 5.97 Å². The number of sulfonamides is 1. The zero-order chi connectivity index (χ0) is 16.9. The molecule has 0 radical (unpaired) electrons. The molecule has 0 aliphatic carbocycles. The fourth-order valence-electron chi connectivity index (χ4n) is 2.03. The van der Waals surface area contributed by atoms with E-state index in [1.54, 1.807) is 36.4 Å². The topological polar surface area (TPSA) is 94.6 Å². The highest BCUT2D eigenvalue weighted by molar-refractivity contribution is 7.89. The van der Waals surface area contributed by atoms with E-state index in [-0.39, 0.29) is 17.9 Å². The maximum Gasteiger partial charge on any atom is 0.283 e. The lowest BCUT2D eigenvalue weighted by atomic mass is 10.1. The Morgan fingerprint density at radius 3 is 1.96 bits per heavy atom. The number of carboxylic acids is 1. The molecule has 0 heterocycles. The smallest absolute Gasteiger partial charge is 0.283 e. The molecular formula is C16H14NO5S-. The molecule has 0 spiro atoms. The van der Waals surface area contributed by atoms with Crippen LogP contribution in [-0.4, -0.2) is 31.1 Å². The van der Waals surface area contributed by atoms with Crippen LogP contribution in [0.4, 0.5) is 0 Å². The number of carbonyl (C=O) groups excluding carboxylic acids is 2. The standard InChI is InChI=1S/C16H15NO5S/c18-15(16(19)20)17(12-11-13-7-3-1-4-8-13)23(21,22)14-9-5-2-6-10-14/h1-10H,11-12H2,(H,19,20)/p-1. The molecule has 2 aromatic carbocycles. The Labute approximate surface area is 134 Å². The van der Waals surface area contributed by atoms with Crippen molar-refractivity contribution in [3.8, 4) is 0 Å². The van der Waals surface area contributed by atoms with Gasteiger partial charge in [0.2, 0.25) is 0 Å². The number of aliphatic carboxylic acids is 1. The van der Waals surface area contributed by atoms with Crippen molar-refractivity contribution in [2.75, 3.05) is 6.54 Å². The van der Waals surface area contributed by atoms with Crippen LogP contribution in [0.1, 0.15) is 5.56 Å². The number of nitrogens with zero attached hydrogens (tertiary/aromatic N) is 1. The number of carbonyl (C=O) groups is 2. The Morgan fingerprint density at radius 1 is 0.913 bits per heavy atom. The Kier molecular flexibility index (Phi) is 5.13. The number of carboxylic acid groups (broad SMARTS) is 1. The number of benzene rings is 2. The molecule has 1 amide bonds. The Bertz CT molecular complexity index is 788. The van der Waals surface area contributed by atoms with Crippen LogP contribution in [-0.2, 0) is 26.0 Å². The van der Waals surface area contributed by atoms with Gasteiger partial charge in [-0.2, -0.15) is 0 Å². The second-order valence-corrected chi connectivity index (χ2v) is 6.58. The lowest BCUT2D eigenvalue weighted by Gasteiger charge is -2.22. The van der Waals surface area contributed by atoms with Crippen molar-refractivity contribution in [2.24, 2.45) is 0 Å². The predicted octanol–water partition coefficient (Wildman–Crippen LogP) is 0.196. The molecule has 23 heavy (non-hydrogen) atoms. The highest BCUT2D eigenvalue weighted by Gasteiger charge is 2.29. The molecule has 6 nitrogen and oxygen atoms in total. The third-order valence-corrected chi connectivity index (χ3v) is 4.98. The number of hydrogen-bond donors (Lipinski definition) is 0. The second kappa shape index (κ2) is 7.06. The molecule has 7 heteroatoms. The normalized spacial score (nSPS) is 11.0. The monoisotopic (exact) mass is 332 g/mol. The SMILES string of the molecule is O=C([O-])C(=O)N(CCc1ccccc1)S(=O)(=O)c1ccccc1. The minimum Gasteiger partial charge on any atom is -0.540 e. The van der Waals surface area contributed by atoms with Gasteiger partial charge in [0, 0.05) is 6.54 Å². The molecule has 120 valence electrons. The summed E-state index contributed by atoms with van der Waals surface area (Å²) in [4.78, 5) is 22.5. The van der Waals surface area contributed by atoms with Gasteiger partial charge in [-0.3, -0.25) is 4.79 Å². The van der Waals surface area contributed by atoms with Gasteiger partial charge < -0.3 is 9.90 Å². The minimum atomic E-state index is -4.25. The van der Waals surface area contributed by atoms with E-state index < -0.39 is 21.9 Å². The molecule has 0 saturated carbocycles. The van der Waals surface area contributed by atoms with Gasteiger partial charge in [-0.15, -0.1) is 0 Å². The van der Waals surface area contributed by atoms with Crippen molar-refractivity contribution in [1.29, 1.82) is 0 Å². The van der Waals surface area contributed by atoms with Crippen LogP contribution >= 0.6 is 0 Å². The van der Waals surface area contributed by atoms with E-state index in [1.807, 2.05) is 0 Å². The van der Waals surface area contributed by atoms with E-state index in [2.05, 4.69) is 0 Å². The molecule has 0 atom stereocenters. The summed E-state index contributed by atoms with van der Waals surface area (Å²) >= 11 is 0. The summed E-state index contributed by atoms with van der Waals surface area (Å²) in [5, 5.41) is 10.9. The third-order valence-electron chi connectivity index (χ3n) is 3.18. The molecule has 0 N–H and O–H groups in total. The first-order valence-corrected chi connectivity index (χ1v) is 8.24. The lowest BCUT2D eigenvalue weighted by molar-refractivity contribution is -0.301. The predicted molar refractivity (Wildman–Crippen MR) is 80.5 cm³/mol. The third kappa shape index (κ3) is 3.95. The van der Waals surface area contributed by atoms with Crippen molar-refractivity contribution < 1.29 is 23.1 Å². The Morgan fingerprint density at radius 2 is 1.43 bits per heavy atom. The molecular weight excluding hydrogens is 318 g/mol. The summed E-state index contributed by atoms with van der Waals surface area (Å²) in [6.45, 7) is -0.284. The number of hydrogen-bond acceptors (Lipinski definition) is 5. The quantitative estimate of drug-likeness (QED) is 0.729. The molecule has 0 saturated heterocycles. The molecule has 2 rings (SSSR count). The first-order chi connectivity index (χ1) is 10.9. The van der Waals surface area contributed by atoms with Crippen molar-refractivity contribution in [3.05, 3.63) is 66.2 Å². The average Bonchev–Trinajstić information content (AvgIpc) is 2.56. The van der Waals surface area contributed by atoms with E-state index in [0.29, 0.717) is 4.31 Å². The van der Waals surface area contributed by atoms with Gasteiger partial charge in [-0.1, -0.05) is 48.5 Å². The highest BCUT2D eigenvalue weighted by Crippen LogP contribution is 2.16. The van der Waals surface area contributed by atoms with Crippen LogP contribution in [0.2, 0.25) is 0 Å². The van der Waals surface area contributed by atoms with Gasteiger partial charge in [0.05, 0.1) is 4.90 Å².